The fraction of sp³-hybridized carbons (Fsp3) is 0.500. The monoisotopic (exact) mass is 444 g/mol. The van der Waals surface area contributed by atoms with Gasteiger partial charge in [-0.25, -0.2) is 0 Å². The molecule has 0 aromatic heterocycles. The summed E-state index contributed by atoms with van der Waals surface area (Å²) in [6.45, 7) is 5.67. The van der Waals surface area contributed by atoms with Gasteiger partial charge in [0.25, 0.3) is 0 Å². The van der Waals surface area contributed by atoms with Crippen LogP contribution in [0.3, 0.4) is 0 Å². The Morgan fingerprint density at radius 3 is 1.50 bits per heavy atom. The minimum Gasteiger partial charge on any atom is -0.476 e. The van der Waals surface area contributed by atoms with E-state index in [1.165, 1.54) is 0 Å². The van der Waals surface area contributed by atoms with Crippen LogP contribution in [0, 0.1) is 0 Å². The quantitative estimate of drug-likeness (QED) is 0.572. The molecule has 102 valence electrons. The second kappa shape index (κ2) is 7.60. The number of halogens is 3. The Morgan fingerprint density at radius 2 is 1.17 bits per heavy atom. The number of hydrogen-bond acceptors (Lipinski definition) is 3. The number of alkyl halides is 3. The third kappa shape index (κ3) is 5.36. The molecule has 0 radical (unpaired) electrons. The van der Waals surface area contributed by atoms with Crippen LogP contribution in [-0.4, -0.2) is 15.0 Å². The van der Waals surface area contributed by atoms with Crippen molar-refractivity contribution < 1.29 is 14.2 Å². The Morgan fingerprint density at radius 1 is 0.778 bits per heavy atom. The first-order valence-corrected chi connectivity index (χ1v) is 8.20. The molecular weight excluding hydrogens is 432 g/mol. The minimum absolute atomic E-state index is 0.109. The summed E-state index contributed by atoms with van der Waals surface area (Å²) >= 11 is 10.0. The van der Waals surface area contributed by atoms with E-state index in [0.717, 1.165) is 0 Å². The SMILES string of the molecule is CC(Br)Oc1cccc(OC(C)Br)c1OC(C)Br. The maximum atomic E-state index is 5.70. The smallest absolute Gasteiger partial charge is 0.204 e. The molecule has 1 aromatic carbocycles. The molecule has 0 aliphatic rings. The van der Waals surface area contributed by atoms with Crippen LogP contribution in [0.5, 0.6) is 17.2 Å². The Balaban J connectivity index is 3.08. The van der Waals surface area contributed by atoms with Gasteiger partial charge in [0.05, 0.1) is 0 Å². The maximum absolute atomic E-state index is 5.70. The third-order valence-electron chi connectivity index (χ3n) is 1.80. The van der Waals surface area contributed by atoms with Crippen LogP contribution in [0.2, 0.25) is 0 Å². The van der Waals surface area contributed by atoms with Crippen LogP contribution in [0.1, 0.15) is 20.8 Å². The standard InChI is InChI=1S/C12H15Br3O3/c1-7(13)16-10-5-4-6-11(17-8(2)14)12(10)18-9(3)15/h4-9H,1-3H3. The Labute approximate surface area is 133 Å². The summed E-state index contributed by atoms with van der Waals surface area (Å²) in [7, 11) is 0. The highest BCUT2D eigenvalue weighted by Gasteiger charge is 2.17. The molecule has 6 heteroatoms. The van der Waals surface area contributed by atoms with E-state index in [4.69, 9.17) is 14.2 Å². The van der Waals surface area contributed by atoms with Crippen molar-refractivity contribution in [3.63, 3.8) is 0 Å². The van der Waals surface area contributed by atoms with Gasteiger partial charge in [-0.1, -0.05) is 6.07 Å². The fourth-order valence-electron chi connectivity index (χ4n) is 1.31. The molecule has 0 aliphatic heterocycles. The van der Waals surface area contributed by atoms with E-state index in [0.29, 0.717) is 17.2 Å². The molecule has 0 aliphatic carbocycles. The van der Waals surface area contributed by atoms with Crippen molar-refractivity contribution in [3.05, 3.63) is 18.2 Å². The lowest BCUT2D eigenvalue weighted by atomic mass is 10.3. The predicted molar refractivity (Wildman–Crippen MR) is 83.5 cm³/mol. The molecule has 3 unspecified atom stereocenters. The van der Waals surface area contributed by atoms with Crippen LogP contribution in [0.4, 0.5) is 0 Å². The molecule has 1 rings (SSSR count). The molecular formula is C12H15Br3O3. The topological polar surface area (TPSA) is 27.7 Å². The molecule has 0 N–H and O–H groups in total. The third-order valence-corrected chi connectivity index (χ3v) is 2.36. The Kier molecular flexibility index (Phi) is 6.81. The number of para-hydroxylation sites is 1. The highest BCUT2D eigenvalue weighted by molar-refractivity contribution is 9.09. The molecule has 0 bridgehead atoms. The van der Waals surface area contributed by atoms with Gasteiger partial charge in [0.15, 0.2) is 26.5 Å². The van der Waals surface area contributed by atoms with Crippen LogP contribution in [-0.2, 0) is 0 Å². The van der Waals surface area contributed by atoms with Gasteiger partial charge in [-0.3, -0.25) is 0 Å². The van der Waals surface area contributed by atoms with Gasteiger partial charge < -0.3 is 14.2 Å². The maximum Gasteiger partial charge on any atom is 0.204 e. The molecule has 0 saturated heterocycles. The zero-order valence-corrected chi connectivity index (χ0v) is 15.1. The van der Waals surface area contributed by atoms with Crippen molar-refractivity contribution in [1.29, 1.82) is 0 Å². The van der Waals surface area contributed by atoms with Gasteiger partial charge in [-0.15, -0.1) is 0 Å². The van der Waals surface area contributed by atoms with Crippen LogP contribution in [0.25, 0.3) is 0 Å². The first-order valence-electron chi connectivity index (χ1n) is 5.45. The van der Waals surface area contributed by atoms with E-state index in [1.807, 2.05) is 39.0 Å². The van der Waals surface area contributed by atoms with Crippen LogP contribution in [0.15, 0.2) is 18.2 Å². The average Bonchev–Trinajstić information content (AvgIpc) is 2.20. The normalized spacial score (nSPS) is 15.7. The molecule has 0 saturated carbocycles. The second-order valence-corrected chi connectivity index (χ2v) is 7.43. The minimum atomic E-state index is -0.138. The summed E-state index contributed by atoms with van der Waals surface area (Å²) in [4.78, 5) is 0. The molecule has 0 fully saturated rings. The average molecular weight is 447 g/mol. The number of benzene rings is 1. The fourth-order valence-corrected chi connectivity index (χ4v) is 1.90. The lowest BCUT2D eigenvalue weighted by Crippen LogP contribution is -2.10. The van der Waals surface area contributed by atoms with E-state index >= 15 is 0 Å². The number of ether oxygens (including phenoxy) is 3. The highest BCUT2D eigenvalue weighted by atomic mass is 79.9. The number of rotatable bonds is 6. The van der Waals surface area contributed by atoms with Crippen molar-refractivity contribution in [2.75, 3.05) is 0 Å². The molecule has 3 atom stereocenters. The van der Waals surface area contributed by atoms with E-state index < -0.39 is 0 Å². The highest BCUT2D eigenvalue weighted by Crippen LogP contribution is 2.40. The molecule has 0 heterocycles. The number of hydrogen-bond donors (Lipinski definition) is 0. The van der Waals surface area contributed by atoms with E-state index in [-0.39, 0.29) is 15.0 Å². The molecule has 18 heavy (non-hydrogen) atoms. The Bertz CT molecular complexity index is 353. The van der Waals surface area contributed by atoms with Crippen molar-refractivity contribution >= 4 is 47.8 Å². The second-order valence-electron chi connectivity index (χ2n) is 3.57. The van der Waals surface area contributed by atoms with Crippen molar-refractivity contribution in [1.82, 2.24) is 0 Å². The van der Waals surface area contributed by atoms with E-state index in [1.54, 1.807) is 0 Å². The molecule has 0 spiro atoms. The summed E-state index contributed by atoms with van der Waals surface area (Å²) < 4.78 is 17.0. The van der Waals surface area contributed by atoms with E-state index in [9.17, 15) is 0 Å². The van der Waals surface area contributed by atoms with Gasteiger partial charge >= 0.3 is 0 Å². The lowest BCUT2D eigenvalue weighted by molar-refractivity contribution is 0.238. The predicted octanol–water partition coefficient (Wildman–Crippen LogP) is 5.05. The van der Waals surface area contributed by atoms with Gasteiger partial charge in [0, 0.05) is 0 Å². The lowest BCUT2D eigenvalue weighted by Gasteiger charge is -2.19. The van der Waals surface area contributed by atoms with Crippen molar-refractivity contribution in [2.24, 2.45) is 0 Å². The van der Waals surface area contributed by atoms with Crippen molar-refractivity contribution in [2.45, 2.75) is 35.8 Å². The summed E-state index contributed by atoms with van der Waals surface area (Å²) in [5.41, 5.74) is 0. The largest absolute Gasteiger partial charge is 0.476 e. The summed E-state index contributed by atoms with van der Waals surface area (Å²) in [5, 5.41) is -0.356. The molecule has 3 nitrogen and oxygen atoms in total. The zero-order valence-electron chi connectivity index (χ0n) is 10.3. The van der Waals surface area contributed by atoms with Crippen LogP contribution < -0.4 is 14.2 Å². The first-order chi connectivity index (χ1) is 8.40. The molecule has 0 amide bonds. The van der Waals surface area contributed by atoms with Gasteiger partial charge in [-0.2, -0.15) is 0 Å². The van der Waals surface area contributed by atoms with E-state index in [2.05, 4.69) is 47.8 Å². The summed E-state index contributed by atoms with van der Waals surface area (Å²) in [6.07, 6.45) is 0. The van der Waals surface area contributed by atoms with Crippen molar-refractivity contribution in [3.8, 4) is 17.2 Å². The summed E-state index contributed by atoms with van der Waals surface area (Å²) in [6, 6.07) is 5.55. The van der Waals surface area contributed by atoms with Gasteiger partial charge in [0.2, 0.25) is 5.75 Å². The van der Waals surface area contributed by atoms with Crippen LogP contribution >= 0.6 is 47.8 Å². The summed E-state index contributed by atoms with van der Waals surface area (Å²) in [5.74, 6) is 1.85. The van der Waals surface area contributed by atoms with Gasteiger partial charge in [0.1, 0.15) is 0 Å². The zero-order chi connectivity index (χ0) is 13.7. The molecule has 1 aromatic rings. The first kappa shape index (κ1) is 16.1. The van der Waals surface area contributed by atoms with Gasteiger partial charge in [-0.05, 0) is 80.7 Å². The Hall–Kier alpha value is 0.0600.